The van der Waals surface area contributed by atoms with Gasteiger partial charge in [0.25, 0.3) is 15.9 Å². The fourth-order valence-corrected chi connectivity index (χ4v) is 6.92. The van der Waals surface area contributed by atoms with Crippen molar-refractivity contribution in [3.05, 3.63) is 76.7 Å². The zero-order valence-electron chi connectivity index (χ0n) is 24.1. The number of aromatic nitrogens is 2. The number of carbonyl (C=O) groups is 1. The van der Waals surface area contributed by atoms with Gasteiger partial charge < -0.3 is 14.8 Å². The Morgan fingerprint density at radius 3 is 2.56 bits per heavy atom. The van der Waals surface area contributed by atoms with Gasteiger partial charge in [-0.2, -0.15) is 5.10 Å². The molecule has 4 aromatic rings. The SMILES string of the molecule is CNC(=O)c1nn(COCC[Si](C)(C)C)c2c(F)c(-c3c(F)ccc(NS(=O)(=O)c4cccc5c4COC5)c3F)ccc12. The molecule has 1 amide bonds. The molecule has 9 nitrogen and oxygen atoms in total. The molecule has 0 spiro atoms. The van der Waals surface area contributed by atoms with Crippen molar-refractivity contribution in [3.63, 3.8) is 0 Å². The molecule has 1 aromatic heterocycles. The minimum atomic E-state index is -4.32. The summed E-state index contributed by atoms with van der Waals surface area (Å²) in [4.78, 5) is 12.4. The quantitative estimate of drug-likeness (QED) is 0.173. The summed E-state index contributed by atoms with van der Waals surface area (Å²) in [5.41, 5.74) is -0.967. The lowest BCUT2D eigenvalue weighted by molar-refractivity contribution is 0.0802. The monoisotopic (exact) mass is 632 g/mol. The van der Waals surface area contributed by atoms with E-state index in [1.807, 2.05) is 0 Å². The van der Waals surface area contributed by atoms with Crippen molar-refractivity contribution in [1.82, 2.24) is 15.1 Å². The summed E-state index contributed by atoms with van der Waals surface area (Å²) in [6.45, 7) is 7.03. The Hall–Kier alpha value is -3.72. The normalized spacial score (nSPS) is 13.4. The van der Waals surface area contributed by atoms with E-state index < -0.39 is 58.3 Å². The van der Waals surface area contributed by atoms with Gasteiger partial charge in [-0.15, -0.1) is 0 Å². The molecular weight excluding hydrogens is 601 g/mol. The van der Waals surface area contributed by atoms with E-state index in [0.29, 0.717) is 17.7 Å². The van der Waals surface area contributed by atoms with Crippen molar-refractivity contribution in [2.24, 2.45) is 0 Å². The first kappa shape index (κ1) is 30.7. The molecule has 14 heteroatoms. The summed E-state index contributed by atoms with van der Waals surface area (Å²) >= 11 is 0. The predicted octanol–water partition coefficient (Wildman–Crippen LogP) is 5.62. The number of ether oxygens (including phenoxy) is 2. The van der Waals surface area contributed by atoms with E-state index in [0.717, 1.165) is 28.9 Å². The fraction of sp³-hybridized carbons (Fsp3) is 0.310. The van der Waals surface area contributed by atoms with Crippen LogP contribution in [0.4, 0.5) is 18.9 Å². The molecule has 3 aromatic carbocycles. The number of amides is 1. The average Bonchev–Trinajstić information content (AvgIpc) is 3.58. The Kier molecular flexibility index (Phi) is 8.40. The number of nitrogens with one attached hydrogen (secondary N) is 2. The van der Waals surface area contributed by atoms with Crippen LogP contribution in [-0.2, 0) is 39.4 Å². The summed E-state index contributed by atoms with van der Waals surface area (Å²) in [5, 5.41) is 6.79. The van der Waals surface area contributed by atoms with Crippen LogP contribution < -0.4 is 10.0 Å². The van der Waals surface area contributed by atoms with E-state index in [1.165, 1.54) is 19.2 Å². The minimum Gasteiger partial charge on any atom is -0.372 e. The van der Waals surface area contributed by atoms with Gasteiger partial charge >= 0.3 is 0 Å². The van der Waals surface area contributed by atoms with Crippen molar-refractivity contribution < 1.29 is 35.9 Å². The Morgan fingerprint density at radius 2 is 1.84 bits per heavy atom. The zero-order valence-corrected chi connectivity index (χ0v) is 25.9. The highest BCUT2D eigenvalue weighted by Crippen LogP contribution is 2.37. The number of hydrogen-bond donors (Lipinski definition) is 2. The van der Waals surface area contributed by atoms with Crippen LogP contribution in [0.5, 0.6) is 0 Å². The number of sulfonamides is 1. The number of halogens is 3. The molecule has 0 unspecified atom stereocenters. The minimum absolute atomic E-state index is 0.0718. The molecule has 0 atom stereocenters. The van der Waals surface area contributed by atoms with Crippen molar-refractivity contribution in [2.75, 3.05) is 18.4 Å². The summed E-state index contributed by atoms with van der Waals surface area (Å²) in [7, 11) is -4.34. The maximum absolute atomic E-state index is 16.2. The lowest BCUT2D eigenvalue weighted by atomic mass is 10.0. The van der Waals surface area contributed by atoms with Crippen molar-refractivity contribution >= 4 is 40.6 Å². The lowest BCUT2D eigenvalue weighted by Crippen LogP contribution is -2.22. The highest BCUT2D eigenvalue weighted by atomic mass is 32.2. The standard InChI is InChI=1S/C29H31F3N4O5SSi/c1-33-29(37)27-19-9-8-18(25(31)28(19)36(34-27)16-40-12-13-43(2,3)4)24-21(30)10-11-22(26(24)32)35-42(38,39)23-7-5-6-17-14-41-15-20(17)23/h5-11,35H,12-16H2,1-4H3,(H,33,37). The molecule has 228 valence electrons. The first-order valence-electron chi connectivity index (χ1n) is 13.5. The number of carbonyl (C=O) groups excluding carboxylic acids is 1. The Morgan fingerprint density at radius 1 is 1.07 bits per heavy atom. The van der Waals surface area contributed by atoms with Gasteiger partial charge in [-0.05, 0) is 35.9 Å². The lowest BCUT2D eigenvalue weighted by Gasteiger charge is -2.16. The molecule has 0 radical (unpaired) electrons. The average molecular weight is 633 g/mol. The molecule has 0 aliphatic carbocycles. The Balaban J connectivity index is 1.56. The number of hydrogen-bond acceptors (Lipinski definition) is 6. The topological polar surface area (TPSA) is 112 Å². The molecule has 1 aliphatic heterocycles. The molecule has 0 bridgehead atoms. The van der Waals surface area contributed by atoms with Gasteiger partial charge in [0.2, 0.25) is 0 Å². The highest BCUT2D eigenvalue weighted by Gasteiger charge is 2.28. The van der Waals surface area contributed by atoms with Crippen LogP contribution in [0.3, 0.4) is 0 Å². The smallest absolute Gasteiger partial charge is 0.272 e. The van der Waals surface area contributed by atoms with E-state index in [-0.39, 0.29) is 41.4 Å². The second kappa shape index (κ2) is 11.8. The maximum Gasteiger partial charge on any atom is 0.272 e. The van der Waals surface area contributed by atoms with Gasteiger partial charge in [0, 0.05) is 38.2 Å². The third-order valence-corrected chi connectivity index (χ3v) is 10.3. The molecule has 43 heavy (non-hydrogen) atoms. The Bertz CT molecular complexity index is 1840. The first-order chi connectivity index (χ1) is 20.3. The number of benzene rings is 3. The van der Waals surface area contributed by atoms with Crippen LogP contribution in [0.25, 0.3) is 22.0 Å². The number of rotatable bonds is 10. The summed E-state index contributed by atoms with van der Waals surface area (Å²) in [6, 6.07) is 9.73. The van der Waals surface area contributed by atoms with Gasteiger partial charge in [0.15, 0.2) is 17.3 Å². The summed E-state index contributed by atoms with van der Waals surface area (Å²) in [6.07, 6.45) is 0. The molecule has 0 fully saturated rings. The predicted molar refractivity (Wildman–Crippen MR) is 158 cm³/mol. The van der Waals surface area contributed by atoms with Crippen molar-refractivity contribution in [2.45, 2.75) is 50.5 Å². The van der Waals surface area contributed by atoms with Gasteiger partial charge in [-0.25, -0.2) is 26.3 Å². The van der Waals surface area contributed by atoms with E-state index in [4.69, 9.17) is 9.47 Å². The third kappa shape index (κ3) is 6.05. The largest absolute Gasteiger partial charge is 0.372 e. The van der Waals surface area contributed by atoms with Crippen LogP contribution in [-0.4, -0.2) is 45.8 Å². The van der Waals surface area contributed by atoms with Crippen LogP contribution in [0, 0.1) is 17.5 Å². The number of fused-ring (bicyclic) bond motifs is 2. The molecule has 0 saturated heterocycles. The van der Waals surface area contributed by atoms with E-state index in [9.17, 15) is 13.2 Å². The number of nitrogens with zero attached hydrogens (tertiary/aromatic N) is 2. The zero-order chi connectivity index (χ0) is 31.1. The van der Waals surface area contributed by atoms with Gasteiger partial charge in [0.05, 0.1) is 29.4 Å². The highest BCUT2D eigenvalue weighted by molar-refractivity contribution is 7.92. The van der Waals surface area contributed by atoms with E-state index in [1.54, 1.807) is 12.1 Å². The molecule has 2 heterocycles. The van der Waals surface area contributed by atoms with Gasteiger partial charge in [0.1, 0.15) is 18.1 Å². The van der Waals surface area contributed by atoms with Crippen LogP contribution in [0.15, 0.2) is 47.4 Å². The Labute approximate surface area is 248 Å². The second-order valence-electron chi connectivity index (χ2n) is 11.4. The molecular formula is C29H31F3N4O5SSi. The van der Waals surface area contributed by atoms with E-state index in [2.05, 4.69) is 34.8 Å². The third-order valence-electron chi connectivity index (χ3n) is 7.13. The van der Waals surface area contributed by atoms with E-state index >= 15 is 13.2 Å². The van der Waals surface area contributed by atoms with Crippen LogP contribution in [0.1, 0.15) is 21.6 Å². The first-order valence-corrected chi connectivity index (χ1v) is 18.7. The molecule has 5 rings (SSSR count). The molecule has 0 saturated carbocycles. The maximum atomic E-state index is 16.2. The van der Waals surface area contributed by atoms with Crippen molar-refractivity contribution in [1.29, 1.82) is 0 Å². The molecule has 1 aliphatic rings. The summed E-state index contributed by atoms with van der Waals surface area (Å²) < 4.78 is 88.2. The van der Waals surface area contributed by atoms with Crippen LogP contribution in [0.2, 0.25) is 25.7 Å². The van der Waals surface area contributed by atoms with Gasteiger partial charge in [-0.3, -0.25) is 9.52 Å². The summed E-state index contributed by atoms with van der Waals surface area (Å²) in [5.74, 6) is -4.05. The van der Waals surface area contributed by atoms with Gasteiger partial charge in [-0.1, -0.05) is 37.8 Å². The van der Waals surface area contributed by atoms with Crippen molar-refractivity contribution in [3.8, 4) is 11.1 Å². The fourth-order valence-electron chi connectivity index (χ4n) is 4.84. The second-order valence-corrected chi connectivity index (χ2v) is 18.6. The van der Waals surface area contributed by atoms with Crippen LogP contribution >= 0.6 is 0 Å². The molecule has 2 N–H and O–H groups in total. The number of anilines is 1.